The van der Waals surface area contributed by atoms with Crippen LogP contribution in [0.15, 0.2) is 54.6 Å². The fraction of sp³-hybridized carbons (Fsp3) is 0.273. The molecule has 144 valence electrons. The van der Waals surface area contributed by atoms with Crippen molar-refractivity contribution in [2.45, 2.75) is 13.3 Å². The second-order valence-electron chi connectivity index (χ2n) is 7.15. The zero-order valence-electron chi connectivity index (χ0n) is 15.9. The molecule has 1 aliphatic rings. The maximum Gasteiger partial charge on any atom is 0.253 e. The Bertz CT molecular complexity index is 967. The first-order chi connectivity index (χ1) is 13.6. The molecule has 4 rings (SSSR count). The summed E-state index contributed by atoms with van der Waals surface area (Å²) in [4.78, 5) is 17.0. The van der Waals surface area contributed by atoms with E-state index in [1.165, 1.54) is 0 Å². The normalized spacial score (nSPS) is 14.8. The van der Waals surface area contributed by atoms with Gasteiger partial charge in [0.05, 0.1) is 5.69 Å². The molecule has 5 nitrogen and oxygen atoms in total. The number of benzene rings is 2. The van der Waals surface area contributed by atoms with Gasteiger partial charge in [0.15, 0.2) is 5.82 Å². The molecule has 0 radical (unpaired) electrons. The summed E-state index contributed by atoms with van der Waals surface area (Å²) >= 11 is 5.97. The molecule has 3 aromatic rings. The highest BCUT2D eigenvalue weighted by Gasteiger charge is 2.21. The molecule has 0 spiro atoms. The molecule has 1 amide bonds. The first-order valence-corrected chi connectivity index (χ1v) is 9.90. The molecular formula is C22H23ClN4O. The van der Waals surface area contributed by atoms with E-state index in [9.17, 15) is 4.79 Å². The van der Waals surface area contributed by atoms with Crippen LogP contribution in [0.5, 0.6) is 0 Å². The van der Waals surface area contributed by atoms with Crippen LogP contribution in [0.2, 0.25) is 5.02 Å². The number of halogens is 1. The van der Waals surface area contributed by atoms with Gasteiger partial charge in [-0.1, -0.05) is 41.4 Å². The van der Waals surface area contributed by atoms with Crippen molar-refractivity contribution < 1.29 is 4.79 Å². The van der Waals surface area contributed by atoms with Crippen molar-refractivity contribution in [2.75, 3.05) is 31.1 Å². The molecule has 28 heavy (non-hydrogen) atoms. The lowest BCUT2D eigenvalue weighted by atomic mass is 10.1. The first kappa shape index (κ1) is 18.6. The summed E-state index contributed by atoms with van der Waals surface area (Å²) in [5.41, 5.74) is 3.88. The summed E-state index contributed by atoms with van der Waals surface area (Å²) in [6, 6.07) is 17.6. The van der Waals surface area contributed by atoms with Gasteiger partial charge in [0.1, 0.15) is 0 Å². The molecule has 2 heterocycles. The van der Waals surface area contributed by atoms with Gasteiger partial charge in [0.2, 0.25) is 0 Å². The highest BCUT2D eigenvalue weighted by molar-refractivity contribution is 6.30. The number of carbonyl (C=O) groups is 1. The van der Waals surface area contributed by atoms with Crippen LogP contribution in [0.4, 0.5) is 5.82 Å². The van der Waals surface area contributed by atoms with Crippen molar-refractivity contribution in [1.82, 2.24) is 15.1 Å². The number of rotatable bonds is 3. The van der Waals surface area contributed by atoms with E-state index in [-0.39, 0.29) is 5.91 Å². The van der Waals surface area contributed by atoms with E-state index < -0.39 is 0 Å². The maximum atomic E-state index is 12.8. The van der Waals surface area contributed by atoms with Crippen LogP contribution >= 0.6 is 11.6 Å². The number of hydrogen-bond acceptors (Lipinski definition) is 3. The monoisotopic (exact) mass is 394 g/mol. The average molecular weight is 395 g/mol. The summed E-state index contributed by atoms with van der Waals surface area (Å²) in [5.74, 6) is 1.02. The van der Waals surface area contributed by atoms with Crippen LogP contribution in [0.3, 0.4) is 0 Å². The number of carbonyl (C=O) groups excluding carboxylic acids is 1. The van der Waals surface area contributed by atoms with Gasteiger partial charge >= 0.3 is 0 Å². The van der Waals surface area contributed by atoms with E-state index in [1.54, 1.807) is 0 Å². The number of nitrogens with zero attached hydrogens (tertiary/aromatic N) is 3. The standard InChI is InChI=1S/C22H23ClN4O/c1-16-4-2-5-18(14-16)22(28)27-11-3-10-26(12-13-27)21-15-20(24-25-21)17-6-8-19(23)9-7-17/h2,4-9,14-15H,3,10-13H2,1H3,(H,24,25). The molecule has 0 aliphatic carbocycles. The molecule has 1 fully saturated rings. The van der Waals surface area contributed by atoms with Gasteiger partial charge < -0.3 is 9.80 Å². The minimum absolute atomic E-state index is 0.106. The first-order valence-electron chi connectivity index (χ1n) is 9.52. The lowest BCUT2D eigenvalue weighted by Gasteiger charge is -2.22. The largest absolute Gasteiger partial charge is 0.353 e. The van der Waals surface area contributed by atoms with Crippen molar-refractivity contribution in [3.05, 3.63) is 70.7 Å². The lowest BCUT2D eigenvalue weighted by molar-refractivity contribution is 0.0767. The number of aromatic nitrogens is 2. The molecule has 1 N–H and O–H groups in total. The van der Waals surface area contributed by atoms with E-state index in [0.717, 1.165) is 59.3 Å². The molecule has 1 aromatic heterocycles. The van der Waals surface area contributed by atoms with Crippen molar-refractivity contribution in [3.8, 4) is 11.3 Å². The topological polar surface area (TPSA) is 52.2 Å². The second kappa shape index (κ2) is 8.07. The third kappa shape index (κ3) is 4.04. The number of hydrogen-bond donors (Lipinski definition) is 1. The minimum atomic E-state index is 0.106. The van der Waals surface area contributed by atoms with Gasteiger partial charge in [0, 0.05) is 42.8 Å². The molecule has 0 unspecified atom stereocenters. The van der Waals surface area contributed by atoms with E-state index in [1.807, 2.05) is 60.4 Å². The van der Waals surface area contributed by atoms with E-state index in [0.29, 0.717) is 6.54 Å². The SMILES string of the molecule is Cc1cccc(C(=O)N2CCCN(c3cc(-c4ccc(Cl)cc4)[nH]n3)CC2)c1. The molecule has 0 atom stereocenters. The molecular weight excluding hydrogens is 372 g/mol. The zero-order valence-corrected chi connectivity index (χ0v) is 16.6. The van der Waals surface area contributed by atoms with Crippen LogP contribution in [-0.4, -0.2) is 47.2 Å². The number of amides is 1. The number of anilines is 1. The van der Waals surface area contributed by atoms with Crippen molar-refractivity contribution >= 4 is 23.3 Å². The second-order valence-corrected chi connectivity index (χ2v) is 7.59. The zero-order chi connectivity index (χ0) is 19.5. The van der Waals surface area contributed by atoms with Crippen LogP contribution in [-0.2, 0) is 0 Å². The third-order valence-corrected chi connectivity index (χ3v) is 5.34. The van der Waals surface area contributed by atoms with Gasteiger partial charge in [-0.3, -0.25) is 9.89 Å². The average Bonchev–Trinajstić information content (AvgIpc) is 3.06. The number of H-pyrrole nitrogens is 1. The fourth-order valence-corrected chi connectivity index (χ4v) is 3.69. The Morgan fingerprint density at radius 2 is 1.86 bits per heavy atom. The summed E-state index contributed by atoms with van der Waals surface area (Å²) in [6.45, 7) is 5.11. The van der Waals surface area contributed by atoms with Crippen molar-refractivity contribution in [2.24, 2.45) is 0 Å². The van der Waals surface area contributed by atoms with Crippen LogP contribution < -0.4 is 4.90 Å². The van der Waals surface area contributed by atoms with Crippen LogP contribution in [0.1, 0.15) is 22.3 Å². The van der Waals surface area contributed by atoms with Crippen LogP contribution in [0, 0.1) is 6.92 Å². The van der Waals surface area contributed by atoms with Gasteiger partial charge in [-0.05, 0) is 43.2 Å². The highest BCUT2D eigenvalue weighted by atomic mass is 35.5. The Morgan fingerprint density at radius 1 is 1.04 bits per heavy atom. The smallest absolute Gasteiger partial charge is 0.253 e. The van der Waals surface area contributed by atoms with Crippen LogP contribution in [0.25, 0.3) is 11.3 Å². The number of aryl methyl sites for hydroxylation is 1. The van der Waals surface area contributed by atoms with Gasteiger partial charge in [-0.2, -0.15) is 5.10 Å². The van der Waals surface area contributed by atoms with E-state index in [4.69, 9.17) is 11.6 Å². The predicted octanol–water partition coefficient (Wildman–Crippen LogP) is 4.39. The lowest BCUT2D eigenvalue weighted by Crippen LogP contribution is -2.35. The molecule has 0 saturated carbocycles. The fourth-order valence-electron chi connectivity index (χ4n) is 3.56. The summed E-state index contributed by atoms with van der Waals surface area (Å²) < 4.78 is 0. The predicted molar refractivity (Wildman–Crippen MR) is 113 cm³/mol. The summed E-state index contributed by atoms with van der Waals surface area (Å²) in [7, 11) is 0. The van der Waals surface area contributed by atoms with Gasteiger partial charge in [-0.15, -0.1) is 0 Å². The number of nitrogens with one attached hydrogen (secondary N) is 1. The van der Waals surface area contributed by atoms with Crippen molar-refractivity contribution in [3.63, 3.8) is 0 Å². The Balaban J connectivity index is 1.44. The summed E-state index contributed by atoms with van der Waals surface area (Å²) in [5, 5.41) is 8.31. The quantitative estimate of drug-likeness (QED) is 0.716. The Labute approximate surface area is 169 Å². The Morgan fingerprint density at radius 3 is 2.64 bits per heavy atom. The Kier molecular flexibility index (Phi) is 5.35. The molecule has 1 aliphatic heterocycles. The van der Waals surface area contributed by atoms with E-state index >= 15 is 0 Å². The molecule has 6 heteroatoms. The van der Waals surface area contributed by atoms with Crippen molar-refractivity contribution in [1.29, 1.82) is 0 Å². The third-order valence-electron chi connectivity index (χ3n) is 5.09. The van der Waals surface area contributed by atoms with Gasteiger partial charge in [-0.25, -0.2) is 0 Å². The minimum Gasteiger partial charge on any atom is -0.353 e. The highest BCUT2D eigenvalue weighted by Crippen LogP contribution is 2.24. The molecule has 1 saturated heterocycles. The Hall–Kier alpha value is -2.79. The maximum absolute atomic E-state index is 12.8. The molecule has 0 bridgehead atoms. The molecule has 2 aromatic carbocycles. The number of aromatic amines is 1. The van der Waals surface area contributed by atoms with Gasteiger partial charge in [0.25, 0.3) is 5.91 Å². The summed E-state index contributed by atoms with van der Waals surface area (Å²) in [6.07, 6.45) is 0.917. The van der Waals surface area contributed by atoms with E-state index in [2.05, 4.69) is 21.2 Å².